The molecule has 0 spiro atoms. The molecule has 1 aromatic rings. The number of carbonyl (C=O) groups excluding carboxylic acids is 2. The Morgan fingerprint density at radius 3 is 2.89 bits per heavy atom. The minimum Gasteiger partial charge on any atom is -0.368 e. The molecule has 1 fully saturated rings. The average Bonchev–Trinajstić information content (AvgIpc) is 2.56. The van der Waals surface area contributed by atoms with Crippen LogP contribution in [0, 0.1) is 6.92 Å². The summed E-state index contributed by atoms with van der Waals surface area (Å²) in [5.74, 6) is 0.628. The number of rotatable bonds is 2. The van der Waals surface area contributed by atoms with Crippen LogP contribution in [-0.4, -0.2) is 32.8 Å². The molecule has 1 aliphatic rings. The van der Waals surface area contributed by atoms with E-state index in [4.69, 9.17) is 5.73 Å². The summed E-state index contributed by atoms with van der Waals surface area (Å²) in [6.07, 6.45) is 0.354. The molecule has 1 amide bonds. The zero-order valence-corrected chi connectivity index (χ0v) is 11.0. The van der Waals surface area contributed by atoms with Gasteiger partial charge in [0.25, 0.3) is 0 Å². The summed E-state index contributed by atoms with van der Waals surface area (Å²) in [5, 5.41) is 0.0135. The molecule has 2 heterocycles. The van der Waals surface area contributed by atoms with Gasteiger partial charge in [-0.3, -0.25) is 14.5 Å². The number of amides is 1. The monoisotopic (exact) mass is 266 g/mol. The van der Waals surface area contributed by atoms with Gasteiger partial charge in [0.05, 0.1) is 0 Å². The summed E-state index contributed by atoms with van der Waals surface area (Å²) in [4.78, 5) is 32.5. The first-order valence-corrected chi connectivity index (χ1v) is 6.42. The second-order valence-corrected chi connectivity index (χ2v) is 5.64. The Morgan fingerprint density at radius 1 is 1.56 bits per heavy atom. The van der Waals surface area contributed by atoms with E-state index in [2.05, 4.69) is 9.97 Å². The number of nitrogen functional groups attached to an aromatic ring is 1. The number of hydrogen-bond donors (Lipinski definition) is 1. The van der Waals surface area contributed by atoms with Crippen LogP contribution in [0.5, 0.6) is 0 Å². The molecule has 1 aliphatic heterocycles. The smallest absolute Gasteiger partial charge is 0.229 e. The molecule has 0 aliphatic carbocycles. The Balaban J connectivity index is 2.18. The molecule has 2 N–H and O–H groups in total. The molecule has 18 heavy (non-hydrogen) atoms. The molecule has 7 heteroatoms. The molecule has 0 radical (unpaired) electrons. The molecule has 1 aromatic heterocycles. The minimum absolute atomic E-state index is 0.00787. The fourth-order valence-corrected chi connectivity index (χ4v) is 2.84. The molecule has 0 saturated carbocycles. The molecule has 2 rings (SSSR count). The quantitative estimate of drug-likeness (QED) is 0.849. The zero-order valence-electron chi connectivity index (χ0n) is 10.2. The van der Waals surface area contributed by atoms with Crippen LogP contribution in [0.1, 0.15) is 19.0 Å². The van der Waals surface area contributed by atoms with Crippen LogP contribution < -0.4 is 10.6 Å². The maximum atomic E-state index is 11.9. The van der Waals surface area contributed by atoms with E-state index in [1.807, 2.05) is 0 Å². The van der Waals surface area contributed by atoms with Crippen molar-refractivity contribution in [3.05, 3.63) is 11.8 Å². The van der Waals surface area contributed by atoms with Crippen molar-refractivity contribution in [2.24, 2.45) is 0 Å². The number of carbonyl (C=O) groups is 2. The van der Waals surface area contributed by atoms with Gasteiger partial charge in [0.1, 0.15) is 5.82 Å². The highest BCUT2D eigenvalue weighted by atomic mass is 32.2. The Kier molecular flexibility index (Phi) is 3.51. The largest absolute Gasteiger partial charge is 0.368 e. The van der Waals surface area contributed by atoms with Crippen molar-refractivity contribution >= 4 is 34.6 Å². The molecule has 0 aromatic carbocycles. The van der Waals surface area contributed by atoms with Crippen molar-refractivity contribution in [1.82, 2.24) is 9.97 Å². The molecule has 96 valence electrons. The highest BCUT2D eigenvalue weighted by molar-refractivity contribution is 8.14. The molecule has 6 nitrogen and oxygen atoms in total. The van der Waals surface area contributed by atoms with Gasteiger partial charge in [0.2, 0.25) is 11.9 Å². The summed E-state index contributed by atoms with van der Waals surface area (Å²) < 4.78 is 0. The van der Waals surface area contributed by atoms with E-state index < -0.39 is 0 Å². The second kappa shape index (κ2) is 4.93. The van der Waals surface area contributed by atoms with Crippen LogP contribution in [0.4, 0.5) is 11.8 Å². The first kappa shape index (κ1) is 12.8. The lowest BCUT2D eigenvalue weighted by molar-refractivity contribution is -0.117. The number of hydrogen-bond acceptors (Lipinski definition) is 6. The van der Waals surface area contributed by atoms with Gasteiger partial charge in [0.15, 0.2) is 5.12 Å². The van der Waals surface area contributed by atoms with Gasteiger partial charge in [-0.15, -0.1) is 0 Å². The van der Waals surface area contributed by atoms with Gasteiger partial charge in [-0.2, -0.15) is 4.98 Å². The van der Waals surface area contributed by atoms with Crippen LogP contribution in [0.2, 0.25) is 0 Å². The predicted octanol–water partition coefficient (Wildman–Crippen LogP) is 0.752. The highest BCUT2D eigenvalue weighted by Crippen LogP contribution is 2.27. The zero-order chi connectivity index (χ0) is 13.3. The molecule has 0 bridgehead atoms. The van der Waals surface area contributed by atoms with Gasteiger partial charge < -0.3 is 5.73 Å². The van der Waals surface area contributed by atoms with E-state index in [0.717, 1.165) is 0 Å². The maximum absolute atomic E-state index is 11.9. The van der Waals surface area contributed by atoms with Gasteiger partial charge in [0, 0.05) is 36.9 Å². The van der Waals surface area contributed by atoms with Crippen LogP contribution in [-0.2, 0) is 9.59 Å². The SMILES string of the molecule is CC(=O)SC1CC(=O)N(c2cc(C)nc(N)n2)C1. The van der Waals surface area contributed by atoms with Gasteiger partial charge in [-0.05, 0) is 6.92 Å². The molecular weight excluding hydrogens is 252 g/mol. The van der Waals surface area contributed by atoms with Crippen LogP contribution in [0.15, 0.2) is 6.07 Å². The first-order valence-electron chi connectivity index (χ1n) is 5.54. The molecular formula is C11H14N4O2S. The lowest BCUT2D eigenvalue weighted by Gasteiger charge is -2.15. The van der Waals surface area contributed by atoms with E-state index in [9.17, 15) is 9.59 Å². The number of nitrogens with two attached hydrogens (primary N) is 1. The van der Waals surface area contributed by atoms with Crippen LogP contribution in [0.3, 0.4) is 0 Å². The average molecular weight is 266 g/mol. The standard InChI is InChI=1S/C11H14N4O2S/c1-6-3-9(14-11(12)13-6)15-5-8(4-10(15)17)18-7(2)16/h3,8H,4-5H2,1-2H3,(H2,12,13,14). The lowest BCUT2D eigenvalue weighted by Crippen LogP contribution is -2.26. The lowest BCUT2D eigenvalue weighted by atomic mass is 10.4. The van der Waals surface area contributed by atoms with Crippen molar-refractivity contribution in [1.29, 1.82) is 0 Å². The van der Waals surface area contributed by atoms with Crippen LogP contribution >= 0.6 is 11.8 Å². The van der Waals surface area contributed by atoms with E-state index in [0.29, 0.717) is 24.5 Å². The third-order valence-electron chi connectivity index (χ3n) is 2.56. The van der Waals surface area contributed by atoms with E-state index in [1.165, 1.54) is 18.7 Å². The third kappa shape index (κ3) is 2.79. The normalized spacial score (nSPS) is 19.3. The number of aromatic nitrogens is 2. The molecule has 1 unspecified atom stereocenters. The summed E-state index contributed by atoms with van der Waals surface area (Å²) >= 11 is 1.20. The van der Waals surface area contributed by atoms with Crippen molar-refractivity contribution in [3.63, 3.8) is 0 Å². The molecule has 1 saturated heterocycles. The van der Waals surface area contributed by atoms with E-state index in [-0.39, 0.29) is 22.2 Å². The Labute approximate surface area is 109 Å². The maximum Gasteiger partial charge on any atom is 0.229 e. The van der Waals surface area contributed by atoms with Crippen LogP contribution in [0.25, 0.3) is 0 Å². The van der Waals surface area contributed by atoms with Crippen molar-refractivity contribution in [2.75, 3.05) is 17.2 Å². The van der Waals surface area contributed by atoms with Gasteiger partial charge in [-0.25, -0.2) is 4.98 Å². The second-order valence-electron chi connectivity index (χ2n) is 4.17. The fourth-order valence-electron chi connectivity index (χ4n) is 1.92. The highest BCUT2D eigenvalue weighted by Gasteiger charge is 2.32. The van der Waals surface area contributed by atoms with Crippen molar-refractivity contribution in [3.8, 4) is 0 Å². The third-order valence-corrected chi connectivity index (χ3v) is 3.54. The number of aryl methyl sites for hydroxylation is 1. The van der Waals surface area contributed by atoms with Gasteiger partial charge in [-0.1, -0.05) is 11.8 Å². The van der Waals surface area contributed by atoms with Gasteiger partial charge >= 0.3 is 0 Å². The first-order chi connectivity index (χ1) is 8.45. The molecule has 1 atom stereocenters. The van der Waals surface area contributed by atoms with E-state index in [1.54, 1.807) is 17.9 Å². The summed E-state index contributed by atoms with van der Waals surface area (Å²) in [6.45, 7) is 3.79. The topological polar surface area (TPSA) is 89.2 Å². The summed E-state index contributed by atoms with van der Waals surface area (Å²) in [7, 11) is 0. The Hall–Kier alpha value is -1.63. The number of anilines is 2. The van der Waals surface area contributed by atoms with Crippen molar-refractivity contribution < 1.29 is 9.59 Å². The predicted molar refractivity (Wildman–Crippen MR) is 70.2 cm³/mol. The summed E-state index contributed by atoms with van der Waals surface area (Å²) in [6, 6.07) is 1.72. The Bertz CT molecular complexity index is 486. The minimum atomic E-state index is -0.0359. The van der Waals surface area contributed by atoms with E-state index >= 15 is 0 Å². The Morgan fingerprint density at radius 2 is 2.28 bits per heavy atom. The fraction of sp³-hybridized carbons (Fsp3) is 0.455. The number of nitrogens with zero attached hydrogens (tertiary/aromatic N) is 3. The summed E-state index contributed by atoms with van der Waals surface area (Å²) in [5.41, 5.74) is 6.28. The number of thioether (sulfide) groups is 1. The van der Waals surface area contributed by atoms with Crippen molar-refractivity contribution in [2.45, 2.75) is 25.5 Å².